The number of urea groups is 1. The van der Waals surface area contributed by atoms with E-state index in [4.69, 9.17) is 23.2 Å². The van der Waals surface area contributed by atoms with Gasteiger partial charge in [0.05, 0.1) is 16.3 Å². The van der Waals surface area contributed by atoms with E-state index in [9.17, 15) is 22.8 Å². The number of nitrogens with one attached hydrogen (secondary N) is 2. The number of benzene rings is 3. The quantitative estimate of drug-likeness (QED) is 0.205. The molecule has 1 aliphatic rings. The van der Waals surface area contributed by atoms with Crippen LogP contribution in [0.5, 0.6) is 0 Å². The van der Waals surface area contributed by atoms with Crippen LogP contribution in [0.15, 0.2) is 72.9 Å². The first-order valence-corrected chi connectivity index (χ1v) is 13.9. The maximum atomic E-state index is 13.7. The van der Waals surface area contributed by atoms with Crippen molar-refractivity contribution in [1.82, 2.24) is 14.8 Å². The van der Waals surface area contributed by atoms with Crippen LogP contribution >= 0.6 is 23.2 Å². The number of rotatable bonds is 9. The lowest BCUT2D eigenvalue weighted by Crippen LogP contribution is -2.45. The number of fused-ring (bicyclic) bond motifs is 1. The molecular formula is C30H27Cl2F3N4O2. The van der Waals surface area contributed by atoms with Crippen LogP contribution in [-0.4, -0.2) is 45.9 Å². The van der Waals surface area contributed by atoms with E-state index in [1.807, 2.05) is 30.5 Å². The van der Waals surface area contributed by atoms with Crippen molar-refractivity contribution in [2.45, 2.75) is 38.0 Å². The highest BCUT2D eigenvalue weighted by Crippen LogP contribution is 2.31. The minimum atomic E-state index is -4.45. The second-order valence-electron chi connectivity index (χ2n) is 10.0. The van der Waals surface area contributed by atoms with Crippen molar-refractivity contribution in [1.29, 1.82) is 0 Å². The molecule has 1 saturated carbocycles. The molecule has 1 aliphatic carbocycles. The number of carbonyl (C=O) groups is 2. The number of hydrogen-bond acceptors (Lipinski definition) is 2. The van der Waals surface area contributed by atoms with E-state index in [-0.39, 0.29) is 30.1 Å². The van der Waals surface area contributed by atoms with Crippen LogP contribution in [0.3, 0.4) is 0 Å². The molecule has 4 aromatic rings. The van der Waals surface area contributed by atoms with Gasteiger partial charge in [0, 0.05) is 41.3 Å². The van der Waals surface area contributed by atoms with Gasteiger partial charge in [0.1, 0.15) is 6.54 Å². The van der Waals surface area contributed by atoms with Gasteiger partial charge in [0.2, 0.25) is 5.91 Å². The molecule has 2 N–H and O–H groups in total. The summed E-state index contributed by atoms with van der Waals surface area (Å²) in [6.07, 6.45) is -0.501. The van der Waals surface area contributed by atoms with E-state index in [0.29, 0.717) is 29.2 Å². The number of hydrogen-bond donors (Lipinski definition) is 2. The lowest BCUT2D eigenvalue weighted by molar-refractivity contribution is -0.137. The summed E-state index contributed by atoms with van der Waals surface area (Å²) in [7, 11) is 0. The van der Waals surface area contributed by atoms with Crippen molar-refractivity contribution >= 4 is 51.7 Å². The fraction of sp³-hybridized carbons (Fsp3) is 0.267. The van der Waals surface area contributed by atoms with E-state index in [2.05, 4.69) is 10.3 Å². The highest BCUT2D eigenvalue weighted by atomic mass is 35.5. The van der Waals surface area contributed by atoms with E-state index < -0.39 is 17.8 Å². The van der Waals surface area contributed by atoms with Gasteiger partial charge in [-0.25, -0.2) is 4.79 Å². The molecule has 0 unspecified atom stereocenters. The van der Waals surface area contributed by atoms with Crippen molar-refractivity contribution in [3.8, 4) is 0 Å². The van der Waals surface area contributed by atoms with Crippen molar-refractivity contribution < 1.29 is 22.8 Å². The van der Waals surface area contributed by atoms with Gasteiger partial charge < -0.3 is 20.1 Å². The second-order valence-corrected chi connectivity index (χ2v) is 10.9. The first-order chi connectivity index (χ1) is 19.6. The third-order valence-electron chi connectivity index (χ3n) is 7.06. The van der Waals surface area contributed by atoms with E-state index in [1.54, 1.807) is 17.0 Å². The molecule has 0 radical (unpaired) electrons. The van der Waals surface area contributed by atoms with Crippen LogP contribution in [0, 0.1) is 0 Å². The van der Waals surface area contributed by atoms with E-state index in [0.717, 1.165) is 41.4 Å². The average molecular weight is 603 g/mol. The number of para-hydroxylation sites is 1. The highest BCUT2D eigenvalue weighted by molar-refractivity contribution is 6.36. The third-order valence-corrected chi connectivity index (χ3v) is 7.61. The third kappa shape index (κ3) is 7.15. The molecule has 3 aromatic carbocycles. The molecule has 0 spiro atoms. The monoisotopic (exact) mass is 602 g/mol. The first kappa shape index (κ1) is 28.8. The number of anilines is 1. The summed E-state index contributed by atoms with van der Waals surface area (Å²) in [5.74, 6) is -0.311. The number of carbonyl (C=O) groups excluding carboxylic acids is 2. The maximum absolute atomic E-state index is 13.7. The van der Waals surface area contributed by atoms with Gasteiger partial charge in [-0.2, -0.15) is 13.2 Å². The summed E-state index contributed by atoms with van der Waals surface area (Å²) in [5, 5.41) is 4.50. The van der Waals surface area contributed by atoms with Gasteiger partial charge in [-0.05, 0) is 66.8 Å². The molecule has 1 aromatic heterocycles. The van der Waals surface area contributed by atoms with Crippen molar-refractivity contribution in [2.24, 2.45) is 0 Å². The van der Waals surface area contributed by atoms with Crippen LogP contribution < -0.4 is 5.32 Å². The van der Waals surface area contributed by atoms with Gasteiger partial charge in [-0.3, -0.25) is 4.79 Å². The topological polar surface area (TPSA) is 68.4 Å². The summed E-state index contributed by atoms with van der Waals surface area (Å²) in [5.41, 5.74) is 2.16. The Balaban J connectivity index is 1.34. The Labute approximate surface area is 245 Å². The Kier molecular flexibility index (Phi) is 8.47. The van der Waals surface area contributed by atoms with Crippen LogP contribution in [0.4, 0.5) is 23.7 Å². The number of H-pyrrole nitrogens is 1. The lowest BCUT2D eigenvalue weighted by atomic mass is 10.1. The zero-order valence-electron chi connectivity index (χ0n) is 21.8. The number of nitrogens with zero attached hydrogens (tertiary/aromatic N) is 2. The second kappa shape index (κ2) is 12.0. The molecule has 41 heavy (non-hydrogen) atoms. The summed E-state index contributed by atoms with van der Waals surface area (Å²) in [4.78, 5) is 33.2. The maximum Gasteiger partial charge on any atom is 0.416 e. The average Bonchev–Trinajstić information content (AvgIpc) is 3.70. The zero-order chi connectivity index (χ0) is 29.1. The first-order valence-electron chi connectivity index (χ1n) is 13.1. The molecule has 11 heteroatoms. The summed E-state index contributed by atoms with van der Waals surface area (Å²) in [6, 6.07) is 16.7. The summed E-state index contributed by atoms with van der Waals surface area (Å²) in [6.45, 7) is 0.226. The van der Waals surface area contributed by atoms with Gasteiger partial charge in [-0.15, -0.1) is 0 Å². The molecular weight excluding hydrogens is 576 g/mol. The summed E-state index contributed by atoms with van der Waals surface area (Å²) < 4.78 is 39.3. The molecule has 1 heterocycles. The van der Waals surface area contributed by atoms with Gasteiger partial charge in [0.25, 0.3) is 0 Å². The predicted octanol–water partition coefficient (Wildman–Crippen LogP) is 7.76. The van der Waals surface area contributed by atoms with Crippen LogP contribution in [0.2, 0.25) is 10.0 Å². The zero-order valence-corrected chi connectivity index (χ0v) is 23.4. The molecule has 5 rings (SSSR count). The Morgan fingerprint density at radius 3 is 2.41 bits per heavy atom. The molecule has 0 aliphatic heterocycles. The van der Waals surface area contributed by atoms with E-state index >= 15 is 0 Å². The normalized spacial score (nSPS) is 13.3. The van der Waals surface area contributed by atoms with Crippen molar-refractivity contribution in [2.75, 3.05) is 18.4 Å². The number of amides is 3. The highest BCUT2D eigenvalue weighted by Gasteiger charge is 2.35. The number of aromatic amines is 1. The molecule has 0 bridgehead atoms. The predicted molar refractivity (Wildman–Crippen MR) is 154 cm³/mol. The Morgan fingerprint density at radius 2 is 1.73 bits per heavy atom. The summed E-state index contributed by atoms with van der Waals surface area (Å²) >= 11 is 12.2. The van der Waals surface area contributed by atoms with Gasteiger partial charge in [-0.1, -0.05) is 53.5 Å². The van der Waals surface area contributed by atoms with Crippen LogP contribution in [-0.2, 0) is 23.9 Å². The number of aromatic nitrogens is 1. The van der Waals surface area contributed by atoms with Crippen LogP contribution in [0.25, 0.3) is 10.9 Å². The SMILES string of the molecule is O=C(CN(C(=O)Nc1ccc(Cl)cc1Cl)C1CC1)N(CCc1c[nH]c2ccccc12)Cc1ccc(C(F)(F)F)cc1. The minimum absolute atomic E-state index is 0.0911. The molecule has 3 amide bonds. The largest absolute Gasteiger partial charge is 0.416 e. The molecule has 6 nitrogen and oxygen atoms in total. The smallest absolute Gasteiger partial charge is 0.361 e. The molecule has 214 valence electrons. The van der Waals surface area contributed by atoms with Crippen molar-refractivity contribution in [3.63, 3.8) is 0 Å². The Hall–Kier alpha value is -3.69. The standard InChI is InChI=1S/C30H27Cl2F3N4O2/c31-22-9-12-27(25(32)15-22)37-29(41)39(23-10-11-23)18-28(40)38(17-19-5-7-21(8-6-19)30(33,34)35)14-13-20-16-36-26-4-2-1-3-24(20)26/h1-9,12,15-16,23,36H,10-11,13-14,17-18H2,(H,37,41). The Morgan fingerprint density at radius 1 is 1.00 bits per heavy atom. The van der Waals surface area contributed by atoms with Crippen molar-refractivity contribution in [3.05, 3.63) is 99.7 Å². The van der Waals surface area contributed by atoms with Gasteiger partial charge >= 0.3 is 12.2 Å². The lowest BCUT2D eigenvalue weighted by Gasteiger charge is -2.28. The Bertz CT molecular complexity index is 1550. The fourth-order valence-electron chi connectivity index (χ4n) is 4.68. The minimum Gasteiger partial charge on any atom is -0.361 e. The van der Waals surface area contributed by atoms with E-state index in [1.165, 1.54) is 23.1 Å². The fourth-order valence-corrected chi connectivity index (χ4v) is 5.14. The molecule has 1 fully saturated rings. The number of halogens is 5. The number of alkyl halides is 3. The van der Waals surface area contributed by atoms with Gasteiger partial charge in [0.15, 0.2) is 0 Å². The molecule has 0 saturated heterocycles. The van der Waals surface area contributed by atoms with Crippen LogP contribution in [0.1, 0.15) is 29.5 Å². The molecule has 0 atom stereocenters.